The summed E-state index contributed by atoms with van der Waals surface area (Å²) in [5.74, 6) is -0.634. The van der Waals surface area contributed by atoms with E-state index in [0.29, 0.717) is 6.61 Å². The number of hydrogen-bond donors (Lipinski definition) is 1. The second kappa shape index (κ2) is 4.84. The molecule has 2 N–H and O–H groups in total. The zero-order chi connectivity index (χ0) is 11.4. The third-order valence-corrected chi connectivity index (χ3v) is 1.79. The average Bonchev–Trinajstić information content (AvgIpc) is 2.13. The minimum atomic E-state index is -1.04. The van der Waals surface area contributed by atoms with Crippen LogP contribution in [0.2, 0.25) is 5.02 Å². The summed E-state index contributed by atoms with van der Waals surface area (Å²) in [6.45, 7) is 2.06. The average molecular weight is 234 g/mol. The smallest absolute Gasteiger partial charge is 0.410 e. The van der Waals surface area contributed by atoms with Gasteiger partial charge in [-0.3, -0.25) is 0 Å². The molecule has 1 rings (SSSR count). The van der Waals surface area contributed by atoms with Gasteiger partial charge in [0.1, 0.15) is 5.82 Å². The minimum Gasteiger partial charge on any atom is -0.490 e. The summed E-state index contributed by atoms with van der Waals surface area (Å²) in [5, 5.41) is -0.115. The molecule has 0 bridgehead atoms. The van der Waals surface area contributed by atoms with Crippen LogP contribution in [0, 0.1) is 5.82 Å². The zero-order valence-electron chi connectivity index (χ0n) is 7.92. The van der Waals surface area contributed by atoms with Gasteiger partial charge in [0.15, 0.2) is 11.5 Å². The standard InChI is InChI=1S/C9H9ClFNO3/c1-2-14-7-3-5(10)6(11)4-8(7)15-9(12)13/h3-4H,2H2,1H3,(H2,12,13). The van der Waals surface area contributed by atoms with E-state index in [0.717, 1.165) is 6.07 Å². The molecule has 1 aromatic carbocycles. The fourth-order valence-corrected chi connectivity index (χ4v) is 1.12. The molecule has 0 saturated carbocycles. The molecule has 0 spiro atoms. The van der Waals surface area contributed by atoms with Crippen molar-refractivity contribution in [3.63, 3.8) is 0 Å². The van der Waals surface area contributed by atoms with Crippen LogP contribution in [0.1, 0.15) is 6.92 Å². The predicted octanol–water partition coefficient (Wildman–Crippen LogP) is 2.34. The van der Waals surface area contributed by atoms with E-state index in [1.807, 2.05) is 0 Å². The maximum absolute atomic E-state index is 13.0. The van der Waals surface area contributed by atoms with Gasteiger partial charge in [0.05, 0.1) is 11.6 Å². The Labute approximate surface area is 90.7 Å². The van der Waals surface area contributed by atoms with E-state index in [2.05, 4.69) is 4.74 Å². The van der Waals surface area contributed by atoms with Crippen LogP contribution in [-0.4, -0.2) is 12.7 Å². The molecule has 0 aromatic heterocycles. The number of nitrogens with two attached hydrogens (primary N) is 1. The van der Waals surface area contributed by atoms with Crippen molar-refractivity contribution >= 4 is 17.7 Å². The second-order valence-electron chi connectivity index (χ2n) is 2.57. The number of ether oxygens (including phenoxy) is 2. The largest absolute Gasteiger partial charge is 0.490 e. The van der Waals surface area contributed by atoms with Gasteiger partial charge in [-0.05, 0) is 6.92 Å². The van der Waals surface area contributed by atoms with Crippen molar-refractivity contribution in [3.8, 4) is 11.5 Å². The Kier molecular flexibility index (Phi) is 3.74. The molecule has 0 heterocycles. The summed E-state index contributed by atoms with van der Waals surface area (Å²) in [7, 11) is 0. The molecular weight excluding hydrogens is 225 g/mol. The molecule has 0 radical (unpaired) electrons. The van der Waals surface area contributed by atoms with Crippen molar-refractivity contribution in [2.24, 2.45) is 5.73 Å². The topological polar surface area (TPSA) is 61.6 Å². The van der Waals surface area contributed by atoms with Crippen molar-refractivity contribution in [2.75, 3.05) is 6.61 Å². The normalized spacial score (nSPS) is 9.80. The van der Waals surface area contributed by atoms with Gasteiger partial charge in [-0.1, -0.05) is 11.6 Å². The van der Waals surface area contributed by atoms with Crippen molar-refractivity contribution in [2.45, 2.75) is 6.92 Å². The molecule has 0 aliphatic rings. The van der Waals surface area contributed by atoms with E-state index in [9.17, 15) is 9.18 Å². The first-order chi connectivity index (χ1) is 7.04. The van der Waals surface area contributed by atoms with Gasteiger partial charge >= 0.3 is 6.09 Å². The fourth-order valence-electron chi connectivity index (χ4n) is 0.967. The maximum Gasteiger partial charge on any atom is 0.410 e. The summed E-state index contributed by atoms with van der Waals surface area (Å²) in [5.41, 5.74) is 4.81. The first-order valence-corrected chi connectivity index (χ1v) is 4.51. The Balaban J connectivity index is 3.09. The first-order valence-electron chi connectivity index (χ1n) is 4.13. The molecule has 0 fully saturated rings. The van der Waals surface area contributed by atoms with Gasteiger partial charge in [-0.25, -0.2) is 9.18 Å². The highest BCUT2D eigenvalue weighted by atomic mass is 35.5. The van der Waals surface area contributed by atoms with Crippen LogP contribution in [0.4, 0.5) is 9.18 Å². The highest BCUT2D eigenvalue weighted by molar-refractivity contribution is 6.30. The lowest BCUT2D eigenvalue weighted by Crippen LogP contribution is -2.17. The third kappa shape index (κ3) is 2.99. The van der Waals surface area contributed by atoms with Crippen molar-refractivity contribution in [1.82, 2.24) is 0 Å². The molecule has 0 aliphatic heterocycles. The van der Waals surface area contributed by atoms with Crippen molar-refractivity contribution in [1.29, 1.82) is 0 Å². The van der Waals surface area contributed by atoms with Gasteiger partial charge < -0.3 is 15.2 Å². The van der Waals surface area contributed by atoms with Gasteiger partial charge in [0.25, 0.3) is 0 Å². The van der Waals surface area contributed by atoms with Crippen molar-refractivity contribution < 1.29 is 18.7 Å². The number of amides is 1. The van der Waals surface area contributed by atoms with Crippen LogP contribution in [0.3, 0.4) is 0 Å². The molecule has 15 heavy (non-hydrogen) atoms. The number of halogens is 2. The Morgan fingerprint density at radius 2 is 2.20 bits per heavy atom. The van der Waals surface area contributed by atoms with Crippen LogP contribution >= 0.6 is 11.6 Å². The lowest BCUT2D eigenvalue weighted by Gasteiger charge is -2.09. The summed E-state index contributed by atoms with van der Waals surface area (Å²) in [6, 6.07) is 2.16. The summed E-state index contributed by atoms with van der Waals surface area (Å²) < 4.78 is 22.7. The lowest BCUT2D eigenvalue weighted by atomic mass is 10.3. The van der Waals surface area contributed by atoms with Crippen molar-refractivity contribution in [3.05, 3.63) is 23.0 Å². The van der Waals surface area contributed by atoms with E-state index in [4.69, 9.17) is 22.1 Å². The summed E-state index contributed by atoms with van der Waals surface area (Å²) in [4.78, 5) is 10.5. The van der Waals surface area contributed by atoms with E-state index in [1.165, 1.54) is 6.07 Å². The predicted molar refractivity (Wildman–Crippen MR) is 52.8 cm³/mol. The summed E-state index contributed by atoms with van der Waals surface area (Å²) in [6.07, 6.45) is -1.04. The molecule has 0 aliphatic carbocycles. The van der Waals surface area contributed by atoms with Crippen LogP contribution in [-0.2, 0) is 0 Å². The number of carbonyl (C=O) groups is 1. The van der Waals surface area contributed by atoms with E-state index >= 15 is 0 Å². The molecule has 4 nitrogen and oxygen atoms in total. The number of hydrogen-bond acceptors (Lipinski definition) is 3. The van der Waals surface area contributed by atoms with Gasteiger partial charge in [0, 0.05) is 12.1 Å². The maximum atomic E-state index is 13.0. The molecule has 0 saturated heterocycles. The summed E-state index contributed by atoms with van der Waals surface area (Å²) >= 11 is 5.53. The third-order valence-electron chi connectivity index (χ3n) is 1.50. The lowest BCUT2D eigenvalue weighted by molar-refractivity contribution is 0.207. The Hall–Kier alpha value is -1.49. The molecule has 1 amide bonds. The van der Waals surface area contributed by atoms with Crippen LogP contribution in [0.5, 0.6) is 11.5 Å². The van der Waals surface area contributed by atoms with Crippen LogP contribution < -0.4 is 15.2 Å². The number of primary amides is 1. The van der Waals surface area contributed by atoms with E-state index in [1.54, 1.807) is 6.92 Å². The Morgan fingerprint density at radius 3 is 2.73 bits per heavy atom. The van der Waals surface area contributed by atoms with Gasteiger partial charge in [-0.2, -0.15) is 0 Å². The fraction of sp³-hybridized carbons (Fsp3) is 0.222. The second-order valence-corrected chi connectivity index (χ2v) is 2.97. The molecule has 0 atom stereocenters. The minimum absolute atomic E-state index is 0.0914. The van der Waals surface area contributed by atoms with E-state index in [-0.39, 0.29) is 16.5 Å². The highest BCUT2D eigenvalue weighted by Gasteiger charge is 2.12. The Bertz CT molecular complexity index is 384. The molecule has 6 heteroatoms. The SMILES string of the molecule is CCOc1cc(Cl)c(F)cc1OC(N)=O. The molecular formula is C9H9ClFNO3. The first kappa shape index (κ1) is 11.6. The number of carbonyl (C=O) groups excluding carboxylic acids is 1. The molecule has 0 unspecified atom stereocenters. The monoisotopic (exact) mass is 233 g/mol. The van der Waals surface area contributed by atoms with Crippen LogP contribution in [0.25, 0.3) is 0 Å². The number of rotatable bonds is 3. The number of benzene rings is 1. The molecule has 82 valence electrons. The Morgan fingerprint density at radius 1 is 1.53 bits per heavy atom. The highest BCUT2D eigenvalue weighted by Crippen LogP contribution is 2.32. The van der Waals surface area contributed by atoms with E-state index < -0.39 is 11.9 Å². The van der Waals surface area contributed by atoms with Gasteiger partial charge in [-0.15, -0.1) is 0 Å². The van der Waals surface area contributed by atoms with Gasteiger partial charge in [0.2, 0.25) is 0 Å². The van der Waals surface area contributed by atoms with Crippen LogP contribution in [0.15, 0.2) is 12.1 Å². The quantitative estimate of drug-likeness (QED) is 0.872. The molecule has 1 aromatic rings. The zero-order valence-corrected chi connectivity index (χ0v) is 8.68.